The molecule has 7 heteroatoms. The van der Waals surface area contributed by atoms with Gasteiger partial charge in [0.1, 0.15) is 12.2 Å². The molecule has 0 aromatic carbocycles. The molecule has 1 aliphatic rings. The topological polar surface area (TPSA) is 95.2 Å². The molecule has 1 aromatic rings. The summed E-state index contributed by atoms with van der Waals surface area (Å²) in [5.41, 5.74) is 1.38. The Balaban J connectivity index is 2.41. The molecule has 0 saturated carbocycles. The number of nitrogens with zero attached hydrogens (tertiary/aromatic N) is 2. The molecule has 0 aliphatic carbocycles. The third-order valence-corrected chi connectivity index (χ3v) is 3.94. The monoisotopic (exact) mass is 304 g/mol. The third-order valence-electron chi connectivity index (χ3n) is 3.94. The number of aromatic nitrogens is 2. The third kappa shape index (κ3) is 2.93. The summed E-state index contributed by atoms with van der Waals surface area (Å²) in [5, 5.41) is 2.51. The molecule has 2 N–H and O–H groups in total. The first-order chi connectivity index (χ1) is 10.3. The van der Waals surface area contributed by atoms with Crippen molar-refractivity contribution in [1.82, 2.24) is 20.2 Å². The van der Waals surface area contributed by atoms with E-state index in [9.17, 15) is 14.4 Å². The van der Waals surface area contributed by atoms with E-state index in [1.54, 1.807) is 6.33 Å². The minimum atomic E-state index is -0.518. The average molecular weight is 304 g/mol. The number of carbonyl (C=O) groups excluding carboxylic acids is 3. The van der Waals surface area contributed by atoms with E-state index in [1.165, 1.54) is 13.0 Å². The number of H-pyrrole nitrogens is 1. The fraction of sp³-hybridized carbons (Fsp3) is 0.467. The van der Waals surface area contributed by atoms with Gasteiger partial charge in [-0.2, -0.15) is 0 Å². The minimum absolute atomic E-state index is 0.0618. The number of imidazole rings is 1. The second-order valence-electron chi connectivity index (χ2n) is 5.92. The van der Waals surface area contributed by atoms with Crippen molar-refractivity contribution >= 4 is 23.8 Å². The number of amides is 3. The van der Waals surface area contributed by atoms with Gasteiger partial charge in [0, 0.05) is 18.0 Å². The van der Waals surface area contributed by atoms with Crippen LogP contribution < -0.4 is 5.32 Å². The molecule has 118 valence electrons. The van der Waals surface area contributed by atoms with Crippen LogP contribution in [0.4, 0.5) is 0 Å². The Bertz CT molecular complexity index is 657. The van der Waals surface area contributed by atoms with Crippen LogP contribution in [-0.2, 0) is 19.8 Å². The molecule has 3 amide bonds. The molecule has 0 spiro atoms. The van der Waals surface area contributed by atoms with Crippen molar-refractivity contribution < 1.29 is 14.4 Å². The largest absolute Gasteiger partial charge is 0.348 e. The Kier molecular flexibility index (Phi) is 4.16. The lowest BCUT2D eigenvalue weighted by atomic mass is 9.85. The van der Waals surface area contributed by atoms with Crippen LogP contribution in [0.25, 0.3) is 6.08 Å². The molecule has 1 aliphatic heterocycles. The van der Waals surface area contributed by atoms with E-state index in [0.29, 0.717) is 5.69 Å². The number of imide groups is 1. The quantitative estimate of drug-likeness (QED) is 0.813. The first-order valence-electron chi connectivity index (χ1n) is 7.14. The first-order valence-corrected chi connectivity index (χ1v) is 7.14. The molecule has 0 bridgehead atoms. The van der Waals surface area contributed by atoms with Crippen molar-refractivity contribution in [3.05, 3.63) is 23.4 Å². The van der Waals surface area contributed by atoms with Crippen LogP contribution >= 0.6 is 0 Å². The van der Waals surface area contributed by atoms with Crippen molar-refractivity contribution in [2.45, 2.75) is 39.5 Å². The highest BCUT2D eigenvalue weighted by Crippen LogP contribution is 2.28. The van der Waals surface area contributed by atoms with Gasteiger partial charge < -0.3 is 10.3 Å². The van der Waals surface area contributed by atoms with E-state index in [4.69, 9.17) is 0 Å². The standard InChI is InChI=1S/C15H20N4O3/c1-5-15(3,4)13-10(16-8-17-13)6-11-14(22)19(9(2)20)7-12(21)18-11/h6,8H,5,7H2,1-4H3,(H,16,17)(H,18,21)/b11-6-. The summed E-state index contributed by atoms with van der Waals surface area (Å²) in [6.07, 6.45) is 3.95. The number of piperazine rings is 1. The van der Waals surface area contributed by atoms with Gasteiger partial charge in [-0.05, 0) is 12.5 Å². The second kappa shape index (κ2) is 5.75. The van der Waals surface area contributed by atoms with Crippen LogP contribution in [-0.4, -0.2) is 39.1 Å². The summed E-state index contributed by atoms with van der Waals surface area (Å²) in [6, 6.07) is 0. The van der Waals surface area contributed by atoms with E-state index < -0.39 is 17.7 Å². The van der Waals surface area contributed by atoms with Crippen LogP contribution in [0.3, 0.4) is 0 Å². The zero-order valence-corrected chi connectivity index (χ0v) is 13.2. The molecule has 1 fully saturated rings. The van der Waals surface area contributed by atoms with Crippen LogP contribution in [0.5, 0.6) is 0 Å². The number of hydrogen-bond donors (Lipinski definition) is 2. The first kappa shape index (κ1) is 15.9. The lowest BCUT2D eigenvalue weighted by molar-refractivity contribution is -0.147. The number of aromatic amines is 1. The summed E-state index contributed by atoms with van der Waals surface area (Å²) in [4.78, 5) is 43.6. The van der Waals surface area contributed by atoms with Gasteiger partial charge in [-0.25, -0.2) is 4.98 Å². The highest BCUT2D eigenvalue weighted by Gasteiger charge is 2.31. The Morgan fingerprint density at radius 1 is 1.45 bits per heavy atom. The maximum Gasteiger partial charge on any atom is 0.277 e. The molecule has 0 atom stereocenters. The predicted octanol–water partition coefficient (Wildman–Crippen LogP) is 0.943. The zero-order chi connectivity index (χ0) is 16.5. The lowest BCUT2D eigenvalue weighted by Crippen LogP contribution is -2.51. The van der Waals surface area contributed by atoms with Gasteiger partial charge in [0.25, 0.3) is 5.91 Å². The number of nitrogens with one attached hydrogen (secondary N) is 2. The summed E-state index contributed by atoms with van der Waals surface area (Å²) in [6.45, 7) is 7.19. The fourth-order valence-corrected chi connectivity index (χ4v) is 2.23. The molecule has 2 heterocycles. The molecule has 7 nitrogen and oxygen atoms in total. The molecule has 1 saturated heterocycles. The maximum atomic E-state index is 12.3. The molecule has 0 radical (unpaired) electrons. The molecule has 1 aromatic heterocycles. The molecular weight excluding hydrogens is 284 g/mol. The van der Waals surface area contributed by atoms with Crippen molar-refractivity contribution in [2.75, 3.05) is 6.54 Å². The van der Waals surface area contributed by atoms with Gasteiger partial charge in [0.2, 0.25) is 11.8 Å². The van der Waals surface area contributed by atoms with Gasteiger partial charge in [0.05, 0.1) is 12.0 Å². The van der Waals surface area contributed by atoms with Crippen LogP contribution in [0.1, 0.15) is 45.5 Å². The average Bonchev–Trinajstić information content (AvgIpc) is 2.91. The van der Waals surface area contributed by atoms with Gasteiger partial charge in [-0.15, -0.1) is 0 Å². The molecule has 2 rings (SSSR count). The smallest absolute Gasteiger partial charge is 0.277 e. The molecule has 0 unspecified atom stereocenters. The summed E-state index contributed by atoms with van der Waals surface area (Å²) >= 11 is 0. The summed E-state index contributed by atoms with van der Waals surface area (Å²) < 4.78 is 0. The lowest BCUT2D eigenvalue weighted by Gasteiger charge is -2.26. The van der Waals surface area contributed by atoms with E-state index in [2.05, 4.69) is 36.1 Å². The van der Waals surface area contributed by atoms with Gasteiger partial charge in [0.15, 0.2) is 0 Å². The van der Waals surface area contributed by atoms with E-state index in [1.807, 2.05) is 0 Å². The highest BCUT2D eigenvalue weighted by atomic mass is 16.2. The van der Waals surface area contributed by atoms with Crippen LogP contribution in [0, 0.1) is 0 Å². The van der Waals surface area contributed by atoms with Gasteiger partial charge >= 0.3 is 0 Å². The zero-order valence-electron chi connectivity index (χ0n) is 13.2. The molecular formula is C15H20N4O3. The molecule has 22 heavy (non-hydrogen) atoms. The van der Waals surface area contributed by atoms with Crippen molar-refractivity contribution in [3.8, 4) is 0 Å². The highest BCUT2D eigenvalue weighted by molar-refractivity contribution is 6.12. The van der Waals surface area contributed by atoms with E-state index >= 15 is 0 Å². The van der Waals surface area contributed by atoms with Crippen LogP contribution in [0.2, 0.25) is 0 Å². The normalized spacial score (nSPS) is 17.8. The van der Waals surface area contributed by atoms with Gasteiger partial charge in [-0.1, -0.05) is 20.8 Å². The number of hydrogen-bond acceptors (Lipinski definition) is 4. The predicted molar refractivity (Wildman–Crippen MR) is 80.4 cm³/mol. The number of rotatable bonds is 3. The second-order valence-corrected chi connectivity index (χ2v) is 5.92. The Labute approximate surface area is 128 Å². The van der Waals surface area contributed by atoms with E-state index in [0.717, 1.165) is 17.0 Å². The maximum absolute atomic E-state index is 12.3. The number of carbonyl (C=O) groups is 3. The van der Waals surface area contributed by atoms with Crippen molar-refractivity contribution in [1.29, 1.82) is 0 Å². The Morgan fingerprint density at radius 3 is 2.73 bits per heavy atom. The Hall–Kier alpha value is -2.44. The minimum Gasteiger partial charge on any atom is -0.348 e. The van der Waals surface area contributed by atoms with Crippen LogP contribution in [0.15, 0.2) is 12.0 Å². The van der Waals surface area contributed by atoms with E-state index in [-0.39, 0.29) is 17.7 Å². The SMILES string of the molecule is CCC(C)(C)c1[nH]cnc1/C=C1\NC(=O)CN(C(C)=O)C1=O. The summed E-state index contributed by atoms with van der Waals surface area (Å²) in [7, 11) is 0. The van der Waals surface area contributed by atoms with Crippen molar-refractivity contribution in [2.24, 2.45) is 0 Å². The van der Waals surface area contributed by atoms with Gasteiger partial charge in [-0.3, -0.25) is 19.3 Å². The summed E-state index contributed by atoms with van der Waals surface area (Å²) in [5.74, 6) is -1.37. The van der Waals surface area contributed by atoms with Crippen molar-refractivity contribution in [3.63, 3.8) is 0 Å². The fourth-order valence-electron chi connectivity index (χ4n) is 2.23. The Morgan fingerprint density at radius 2 is 2.14 bits per heavy atom.